The van der Waals surface area contributed by atoms with E-state index >= 15 is 0 Å². The second-order valence-electron chi connectivity index (χ2n) is 7.66. The zero-order valence-corrected chi connectivity index (χ0v) is 14.0. The molecule has 1 aromatic rings. The van der Waals surface area contributed by atoms with Gasteiger partial charge in [-0.1, -0.05) is 52.8 Å². The third-order valence-corrected chi connectivity index (χ3v) is 4.58. The lowest BCUT2D eigenvalue weighted by Crippen LogP contribution is -2.61. The Morgan fingerprint density at radius 1 is 1.29 bits per heavy atom. The van der Waals surface area contributed by atoms with E-state index in [2.05, 4.69) is 44.8 Å². The van der Waals surface area contributed by atoms with Gasteiger partial charge in [0.15, 0.2) is 0 Å². The van der Waals surface area contributed by atoms with Gasteiger partial charge in [-0.2, -0.15) is 0 Å². The smallest absolute Gasteiger partial charge is 0.127 e. The summed E-state index contributed by atoms with van der Waals surface area (Å²) in [5.41, 5.74) is 0.983. The molecule has 3 heteroatoms. The van der Waals surface area contributed by atoms with Crippen LogP contribution in [0, 0.1) is 17.2 Å². The molecule has 0 amide bonds. The first-order valence-corrected chi connectivity index (χ1v) is 8.00. The van der Waals surface area contributed by atoms with E-state index in [-0.39, 0.29) is 11.2 Å². The fraction of sp³-hybridized carbons (Fsp3) is 0.667. The summed E-state index contributed by atoms with van der Waals surface area (Å²) in [6.45, 7) is 13.9. The predicted octanol–water partition coefficient (Wildman–Crippen LogP) is 3.67. The molecule has 0 aromatic heterocycles. The summed E-state index contributed by atoms with van der Waals surface area (Å²) in [7, 11) is 0. The van der Waals surface area contributed by atoms with Crippen molar-refractivity contribution < 1.29 is 4.39 Å². The SMILES string of the molecule is CC(C)C1CN(Cc2ccccc2F)C(C(C)(C)C)CN1. The highest BCUT2D eigenvalue weighted by Crippen LogP contribution is 2.29. The van der Waals surface area contributed by atoms with Crippen molar-refractivity contribution in [2.75, 3.05) is 13.1 Å². The zero-order valence-electron chi connectivity index (χ0n) is 14.0. The van der Waals surface area contributed by atoms with Crippen molar-refractivity contribution in [3.8, 4) is 0 Å². The van der Waals surface area contributed by atoms with Crippen molar-refractivity contribution in [2.24, 2.45) is 11.3 Å². The fourth-order valence-corrected chi connectivity index (χ4v) is 3.16. The predicted molar refractivity (Wildman–Crippen MR) is 86.7 cm³/mol. The third kappa shape index (κ3) is 4.04. The summed E-state index contributed by atoms with van der Waals surface area (Å²) in [6, 6.07) is 8.05. The molecule has 2 unspecified atom stereocenters. The maximum absolute atomic E-state index is 14.0. The molecule has 0 radical (unpaired) electrons. The average molecular weight is 292 g/mol. The van der Waals surface area contributed by atoms with Crippen LogP contribution in [-0.4, -0.2) is 30.1 Å². The number of hydrogen-bond donors (Lipinski definition) is 1. The topological polar surface area (TPSA) is 15.3 Å². The van der Waals surface area contributed by atoms with Crippen LogP contribution in [0.4, 0.5) is 4.39 Å². The van der Waals surface area contributed by atoms with Gasteiger partial charge < -0.3 is 5.32 Å². The number of hydrogen-bond acceptors (Lipinski definition) is 2. The molecule has 0 spiro atoms. The number of nitrogens with zero attached hydrogens (tertiary/aromatic N) is 1. The van der Waals surface area contributed by atoms with Crippen LogP contribution in [0.5, 0.6) is 0 Å². The van der Waals surface area contributed by atoms with Gasteiger partial charge in [0, 0.05) is 37.3 Å². The number of nitrogens with one attached hydrogen (secondary N) is 1. The number of benzene rings is 1. The Labute approximate surface area is 128 Å². The summed E-state index contributed by atoms with van der Waals surface area (Å²) in [5, 5.41) is 3.67. The van der Waals surface area contributed by atoms with Crippen LogP contribution in [-0.2, 0) is 6.54 Å². The number of halogens is 1. The molecule has 1 heterocycles. The van der Waals surface area contributed by atoms with Crippen LogP contribution in [0.15, 0.2) is 24.3 Å². The molecule has 0 aliphatic carbocycles. The lowest BCUT2D eigenvalue weighted by molar-refractivity contribution is 0.0392. The molecule has 1 aliphatic heterocycles. The van der Waals surface area contributed by atoms with Gasteiger partial charge in [0.05, 0.1) is 0 Å². The van der Waals surface area contributed by atoms with Gasteiger partial charge in [0.2, 0.25) is 0 Å². The standard InChI is InChI=1S/C18H29FN2/c1-13(2)16-12-21(17(10-20-16)18(3,4)5)11-14-8-6-7-9-15(14)19/h6-9,13,16-17,20H,10-12H2,1-5H3. The van der Waals surface area contributed by atoms with E-state index in [0.29, 0.717) is 24.5 Å². The molecular weight excluding hydrogens is 263 g/mol. The van der Waals surface area contributed by atoms with Crippen LogP contribution < -0.4 is 5.32 Å². The van der Waals surface area contributed by atoms with Crippen molar-refractivity contribution in [3.05, 3.63) is 35.6 Å². The summed E-state index contributed by atoms with van der Waals surface area (Å²) in [5.74, 6) is 0.499. The second-order valence-corrected chi connectivity index (χ2v) is 7.66. The van der Waals surface area contributed by atoms with E-state index < -0.39 is 0 Å². The molecule has 2 atom stereocenters. The molecule has 1 aromatic carbocycles. The van der Waals surface area contributed by atoms with Gasteiger partial charge >= 0.3 is 0 Å². The van der Waals surface area contributed by atoms with Crippen LogP contribution >= 0.6 is 0 Å². The largest absolute Gasteiger partial charge is 0.311 e. The first-order chi connectivity index (χ1) is 9.79. The Bertz CT molecular complexity index is 465. The number of rotatable bonds is 3. The maximum atomic E-state index is 14.0. The molecule has 1 fully saturated rings. The van der Waals surface area contributed by atoms with E-state index in [1.54, 1.807) is 12.1 Å². The molecule has 21 heavy (non-hydrogen) atoms. The molecule has 2 nitrogen and oxygen atoms in total. The van der Waals surface area contributed by atoms with Crippen LogP contribution in [0.2, 0.25) is 0 Å². The Morgan fingerprint density at radius 3 is 2.52 bits per heavy atom. The molecule has 0 bridgehead atoms. The Kier molecular flexibility index (Phi) is 5.05. The highest BCUT2D eigenvalue weighted by Gasteiger charge is 2.36. The summed E-state index contributed by atoms with van der Waals surface area (Å²) < 4.78 is 14.0. The first kappa shape index (κ1) is 16.4. The van der Waals surface area contributed by atoms with E-state index in [4.69, 9.17) is 0 Å². The highest BCUT2D eigenvalue weighted by atomic mass is 19.1. The second kappa shape index (κ2) is 6.45. The Hall–Kier alpha value is -0.930. The molecule has 0 saturated carbocycles. The first-order valence-electron chi connectivity index (χ1n) is 8.00. The molecule has 118 valence electrons. The van der Waals surface area contributed by atoms with Gasteiger partial charge in [0.1, 0.15) is 5.82 Å². The van der Waals surface area contributed by atoms with Crippen molar-refractivity contribution in [1.29, 1.82) is 0 Å². The van der Waals surface area contributed by atoms with Crippen molar-refractivity contribution >= 4 is 0 Å². The van der Waals surface area contributed by atoms with Gasteiger partial charge in [-0.25, -0.2) is 4.39 Å². The lowest BCUT2D eigenvalue weighted by Gasteiger charge is -2.47. The molecule has 1 saturated heterocycles. The van der Waals surface area contributed by atoms with E-state index in [0.717, 1.165) is 18.7 Å². The Morgan fingerprint density at radius 2 is 1.95 bits per heavy atom. The monoisotopic (exact) mass is 292 g/mol. The highest BCUT2D eigenvalue weighted by molar-refractivity contribution is 5.17. The molecular formula is C18H29FN2. The molecule has 1 aliphatic rings. The fourth-order valence-electron chi connectivity index (χ4n) is 3.16. The van der Waals surface area contributed by atoms with E-state index in [1.165, 1.54) is 0 Å². The van der Waals surface area contributed by atoms with Gasteiger partial charge in [-0.05, 0) is 17.4 Å². The summed E-state index contributed by atoms with van der Waals surface area (Å²) in [6.07, 6.45) is 0. The van der Waals surface area contributed by atoms with Crippen molar-refractivity contribution in [2.45, 2.75) is 53.2 Å². The minimum atomic E-state index is -0.0928. The molecule has 1 N–H and O–H groups in total. The number of piperazine rings is 1. The van der Waals surface area contributed by atoms with Gasteiger partial charge in [-0.3, -0.25) is 4.90 Å². The van der Waals surface area contributed by atoms with Gasteiger partial charge in [-0.15, -0.1) is 0 Å². The summed E-state index contributed by atoms with van der Waals surface area (Å²) >= 11 is 0. The zero-order chi connectivity index (χ0) is 15.6. The lowest BCUT2D eigenvalue weighted by atomic mass is 9.82. The van der Waals surface area contributed by atoms with Crippen LogP contribution in [0.25, 0.3) is 0 Å². The minimum absolute atomic E-state index is 0.0928. The van der Waals surface area contributed by atoms with Crippen LogP contribution in [0.1, 0.15) is 40.2 Å². The van der Waals surface area contributed by atoms with E-state index in [1.807, 2.05) is 12.1 Å². The van der Waals surface area contributed by atoms with E-state index in [9.17, 15) is 4.39 Å². The minimum Gasteiger partial charge on any atom is -0.311 e. The van der Waals surface area contributed by atoms with Crippen molar-refractivity contribution in [3.63, 3.8) is 0 Å². The average Bonchev–Trinajstić information content (AvgIpc) is 2.40. The summed E-state index contributed by atoms with van der Waals surface area (Å²) in [4.78, 5) is 2.46. The van der Waals surface area contributed by atoms with Crippen LogP contribution in [0.3, 0.4) is 0 Å². The van der Waals surface area contributed by atoms with Gasteiger partial charge in [0.25, 0.3) is 0 Å². The third-order valence-electron chi connectivity index (χ3n) is 4.58. The maximum Gasteiger partial charge on any atom is 0.127 e. The normalized spacial score (nSPS) is 24.5. The molecule has 2 rings (SSSR count). The quantitative estimate of drug-likeness (QED) is 0.914. The van der Waals surface area contributed by atoms with Crippen molar-refractivity contribution in [1.82, 2.24) is 10.2 Å². The Balaban J connectivity index is 2.19.